The minimum Gasteiger partial charge on any atom is -0.385 e. The van der Waals surface area contributed by atoms with Gasteiger partial charge in [-0.1, -0.05) is 37.1 Å². The second kappa shape index (κ2) is 4.99. The first-order valence-corrected chi connectivity index (χ1v) is 6.88. The third-order valence-corrected chi connectivity index (χ3v) is 4.45. The molecule has 0 saturated heterocycles. The van der Waals surface area contributed by atoms with Crippen LogP contribution in [0, 0.1) is 12.8 Å². The SMILES string of the molecule is Cc1ccc(C2(O)CCCC(C)CC2)cc1Cl. The summed E-state index contributed by atoms with van der Waals surface area (Å²) in [6, 6.07) is 5.97. The van der Waals surface area contributed by atoms with Gasteiger partial charge in [-0.25, -0.2) is 0 Å². The van der Waals surface area contributed by atoms with Gasteiger partial charge in [-0.2, -0.15) is 0 Å². The van der Waals surface area contributed by atoms with Gasteiger partial charge >= 0.3 is 0 Å². The van der Waals surface area contributed by atoms with E-state index < -0.39 is 5.60 Å². The van der Waals surface area contributed by atoms with Gasteiger partial charge in [-0.05, 0) is 55.7 Å². The average molecular weight is 253 g/mol. The van der Waals surface area contributed by atoms with Crippen LogP contribution in [0.25, 0.3) is 0 Å². The summed E-state index contributed by atoms with van der Waals surface area (Å²) in [7, 11) is 0. The number of benzene rings is 1. The molecule has 2 rings (SSSR count). The lowest BCUT2D eigenvalue weighted by molar-refractivity contribution is 0.0198. The van der Waals surface area contributed by atoms with Crippen LogP contribution in [0.15, 0.2) is 18.2 Å². The van der Waals surface area contributed by atoms with E-state index in [2.05, 4.69) is 6.92 Å². The average Bonchev–Trinajstić information content (AvgIpc) is 2.46. The lowest BCUT2D eigenvalue weighted by atomic mass is 9.86. The van der Waals surface area contributed by atoms with Gasteiger partial charge in [0.2, 0.25) is 0 Å². The molecule has 1 N–H and O–H groups in total. The number of rotatable bonds is 1. The van der Waals surface area contributed by atoms with Crippen molar-refractivity contribution in [1.29, 1.82) is 0 Å². The van der Waals surface area contributed by atoms with Crippen LogP contribution < -0.4 is 0 Å². The van der Waals surface area contributed by atoms with Crippen molar-refractivity contribution < 1.29 is 5.11 Å². The summed E-state index contributed by atoms with van der Waals surface area (Å²) < 4.78 is 0. The Morgan fingerprint density at radius 2 is 2.06 bits per heavy atom. The van der Waals surface area contributed by atoms with Gasteiger partial charge < -0.3 is 5.11 Å². The highest BCUT2D eigenvalue weighted by Gasteiger charge is 2.31. The van der Waals surface area contributed by atoms with Gasteiger partial charge in [-0.3, -0.25) is 0 Å². The molecule has 1 aliphatic carbocycles. The first-order valence-electron chi connectivity index (χ1n) is 6.50. The van der Waals surface area contributed by atoms with Crippen molar-refractivity contribution in [3.8, 4) is 0 Å². The van der Waals surface area contributed by atoms with Gasteiger partial charge in [0.1, 0.15) is 0 Å². The predicted octanol–water partition coefficient (Wildman–Crippen LogP) is 4.44. The molecule has 1 aromatic rings. The van der Waals surface area contributed by atoms with E-state index in [1.807, 2.05) is 25.1 Å². The van der Waals surface area contributed by atoms with Crippen molar-refractivity contribution in [3.63, 3.8) is 0 Å². The summed E-state index contributed by atoms with van der Waals surface area (Å²) in [4.78, 5) is 0. The van der Waals surface area contributed by atoms with E-state index >= 15 is 0 Å². The Labute approximate surface area is 109 Å². The smallest absolute Gasteiger partial charge is 0.0897 e. The van der Waals surface area contributed by atoms with Crippen LogP contribution in [0.3, 0.4) is 0 Å². The van der Waals surface area contributed by atoms with Gasteiger partial charge in [0.05, 0.1) is 5.60 Å². The molecule has 2 unspecified atom stereocenters. The summed E-state index contributed by atoms with van der Waals surface area (Å²) in [6.45, 7) is 4.26. The number of aryl methyl sites for hydroxylation is 1. The van der Waals surface area contributed by atoms with Gasteiger partial charge in [0.15, 0.2) is 0 Å². The molecular formula is C15H21ClO. The molecule has 2 heteroatoms. The molecule has 0 spiro atoms. The first kappa shape index (κ1) is 12.9. The fraction of sp³-hybridized carbons (Fsp3) is 0.600. The van der Waals surface area contributed by atoms with E-state index in [-0.39, 0.29) is 0 Å². The van der Waals surface area contributed by atoms with Crippen LogP contribution in [0.1, 0.15) is 50.2 Å². The zero-order chi connectivity index (χ0) is 12.5. The van der Waals surface area contributed by atoms with Crippen LogP contribution in [-0.4, -0.2) is 5.11 Å². The number of hydrogen-bond acceptors (Lipinski definition) is 1. The van der Waals surface area contributed by atoms with Crippen LogP contribution in [0.2, 0.25) is 5.02 Å². The first-order chi connectivity index (χ1) is 8.01. The van der Waals surface area contributed by atoms with E-state index in [1.54, 1.807) is 0 Å². The summed E-state index contributed by atoms with van der Waals surface area (Å²) in [5, 5.41) is 11.6. The van der Waals surface area contributed by atoms with Crippen LogP contribution >= 0.6 is 11.6 Å². The van der Waals surface area contributed by atoms with Crippen molar-refractivity contribution >= 4 is 11.6 Å². The van der Waals surface area contributed by atoms with Crippen LogP contribution in [0.4, 0.5) is 0 Å². The van der Waals surface area contributed by atoms with Gasteiger partial charge in [0.25, 0.3) is 0 Å². The fourth-order valence-corrected chi connectivity index (χ4v) is 2.85. The van der Waals surface area contributed by atoms with E-state index in [1.165, 1.54) is 6.42 Å². The highest BCUT2D eigenvalue weighted by Crippen LogP contribution is 2.38. The zero-order valence-electron chi connectivity index (χ0n) is 10.7. The molecule has 0 aromatic heterocycles. The Balaban J connectivity index is 2.27. The van der Waals surface area contributed by atoms with E-state index in [0.717, 1.165) is 47.8 Å². The maximum absolute atomic E-state index is 10.8. The standard InChI is InChI=1S/C15H21ClO/c1-11-4-3-8-15(17,9-7-11)13-6-5-12(2)14(16)10-13/h5-6,10-11,17H,3-4,7-9H2,1-2H3. The minimum atomic E-state index is -0.665. The summed E-state index contributed by atoms with van der Waals surface area (Å²) >= 11 is 6.15. The quantitative estimate of drug-likeness (QED) is 0.733. The topological polar surface area (TPSA) is 20.2 Å². The molecule has 94 valence electrons. The molecule has 1 aromatic carbocycles. The number of halogens is 1. The number of hydrogen-bond donors (Lipinski definition) is 1. The Morgan fingerprint density at radius 1 is 1.29 bits per heavy atom. The highest BCUT2D eigenvalue weighted by molar-refractivity contribution is 6.31. The van der Waals surface area contributed by atoms with Crippen LogP contribution in [0.5, 0.6) is 0 Å². The highest BCUT2D eigenvalue weighted by atomic mass is 35.5. The van der Waals surface area contributed by atoms with E-state index in [9.17, 15) is 5.11 Å². The molecule has 1 nitrogen and oxygen atoms in total. The Morgan fingerprint density at radius 3 is 2.76 bits per heavy atom. The Hall–Kier alpha value is -0.530. The molecule has 0 radical (unpaired) electrons. The maximum Gasteiger partial charge on any atom is 0.0897 e. The van der Waals surface area contributed by atoms with E-state index in [4.69, 9.17) is 11.6 Å². The predicted molar refractivity (Wildman–Crippen MR) is 72.3 cm³/mol. The molecule has 1 saturated carbocycles. The molecule has 1 aliphatic rings. The van der Waals surface area contributed by atoms with Crippen molar-refractivity contribution in [2.45, 2.75) is 51.6 Å². The molecule has 0 bridgehead atoms. The second-order valence-electron chi connectivity index (χ2n) is 5.53. The number of aliphatic hydroxyl groups is 1. The Bertz CT molecular complexity index is 402. The Kier molecular flexibility index (Phi) is 3.79. The normalized spacial score (nSPS) is 30.0. The molecule has 1 fully saturated rings. The lowest BCUT2D eigenvalue weighted by Gasteiger charge is -2.27. The third-order valence-electron chi connectivity index (χ3n) is 4.05. The monoisotopic (exact) mass is 252 g/mol. The molecule has 2 atom stereocenters. The van der Waals surface area contributed by atoms with Crippen LogP contribution in [-0.2, 0) is 5.60 Å². The van der Waals surface area contributed by atoms with E-state index in [0.29, 0.717) is 0 Å². The second-order valence-corrected chi connectivity index (χ2v) is 5.94. The van der Waals surface area contributed by atoms with Crippen molar-refractivity contribution in [1.82, 2.24) is 0 Å². The maximum atomic E-state index is 10.8. The molecule has 0 aliphatic heterocycles. The lowest BCUT2D eigenvalue weighted by Crippen LogP contribution is -2.24. The summed E-state index contributed by atoms with van der Waals surface area (Å²) in [5.74, 6) is 0.727. The molecule has 0 heterocycles. The van der Waals surface area contributed by atoms with Gasteiger partial charge in [0, 0.05) is 5.02 Å². The summed E-state index contributed by atoms with van der Waals surface area (Å²) in [5.41, 5.74) is 1.39. The zero-order valence-corrected chi connectivity index (χ0v) is 11.4. The summed E-state index contributed by atoms with van der Waals surface area (Å²) in [6.07, 6.45) is 5.14. The molecule has 0 amide bonds. The third kappa shape index (κ3) is 2.83. The van der Waals surface area contributed by atoms with Crippen molar-refractivity contribution in [2.75, 3.05) is 0 Å². The molecule has 17 heavy (non-hydrogen) atoms. The van der Waals surface area contributed by atoms with Crippen molar-refractivity contribution in [3.05, 3.63) is 34.3 Å². The largest absolute Gasteiger partial charge is 0.385 e. The minimum absolute atomic E-state index is 0.665. The van der Waals surface area contributed by atoms with Gasteiger partial charge in [-0.15, -0.1) is 0 Å². The molecular weight excluding hydrogens is 232 g/mol. The van der Waals surface area contributed by atoms with Crippen molar-refractivity contribution in [2.24, 2.45) is 5.92 Å². The fourth-order valence-electron chi connectivity index (χ4n) is 2.67.